The van der Waals surface area contributed by atoms with Crippen LogP contribution in [-0.4, -0.2) is 31.2 Å². The largest absolute Gasteiger partial charge is 0.505 e. The van der Waals surface area contributed by atoms with E-state index in [4.69, 9.17) is 0 Å². The number of nitrogens with one attached hydrogen (secondary N) is 2. The molecule has 7 heteroatoms. The summed E-state index contributed by atoms with van der Waals surface area (Å²) in [5, 5.41) is 19.5. The van der Waals surface area contributed by atoms with E-state index >= 15 is 0 Å². The zero-order chi connectivity index (χ0) is 16.2. The van der Waals surface area contributed by atoms with Crippen molar-refractivity contribution >= 4 is 5.91 Å². The second-order valence-corrected chi connectivity index (χ2v) is 4.97. The molecule has 3 rings (SSSR count). The fraction of sp³-hybridized carbons (Fsp3) is 0.125. The number of aromatic hydroxyl groups is 1. The lowest BCUT2D eigenvalue weighted by Crippen LogP contribution is -2.30. The van der Waals surface area contributed by atoms with E-state index in [1.807, 2.05) is 30.3 Å². The van der Waals surface area contributed by atoms with Gasteiger partial charge >= 0.3 is 0 Å². The Morgan fingerprint density at radius 2 is 2.00 bits per heavy atom. The van der Waals surface area contributed by atoms with Crippen molar-refractivity contribution < 1.29 is 9.90 Å². The fourth-order valence-electron chi connectivity index (χ4n) is 2.20. The summed E-state index contributed by atoms with van der Waals surface area (Å²) in [6.45, 7) is 1.78. The average molecular weight is 309 g/mol. The molecular weight excluding hydrogens is 294 g/mol. The summed E-state index contributed by atoms with van der Waals surface area (Å²) < 4.78 is 0. The quantitative estimate of drug-likeness (QED) is 0.681. The second-order valence-electron chi connectivity index (χ2n) is 4.97. The number of H-pyrrole nitrogens is 1. The lowest BCUT2D eigenvalue weighted by molar-refractivity contribution is 0.0933. The van der Waals surface area contributed by atoms with E-state index in [2.05, 4.69) is 25.5 Å². The number of benzene rings is 1. The smallest absolute Gasteiger partial charge is 0.274 e. The van der Waals surface area contributed by atoms with Gasteiger partial charge in [0.15, 0.2) is 11.5 Å². The highest BCUT2D eigenvalue weighted by Crippen LogP contribution is 2.21. The number of aromatic amines is 1. The molecule has 0 saturated carbocycles. The van der Waals surface area contributed by atoms with Gasteiger partial charge < -0.3 is 10.4 Å². The number of amides is 1. The van der Waals surface area contributed by atoms with Crippen LogP contribution in [0.3, 0.4) is 0 Å². The monoisotopic (exact) mass is 309 g/mol. The molecule has 0 aliphatic heterocycles. The topological polar surface area (TPSA) is 104 Å². The minimum absolute atomic E-state index is 0.0410. The highest BCUT2D eigenvalue weighted by molar-refractivity contribution is 5.95. The number of hydrogen-bond donors (Lipinski definition) is 3. The molecule has 0 fully saturated rings. The van der Waals surface area contributed by atoms with Crippen molar-refractivity contribution in [3.05, 3.63) is 71.6 Å². The Balaban J connectivity index is 1.94. The average Bonchev–Trinajstić information content (AvgIpc) is 3.00. The normalized spacial score (nSPS) is 11.9. The molecule has 2 aromatic heterocycles. The van der Waals surface area contributed by atoms with E-state index in [-0.39, 0.29) is 11.4 Å². The highest BCUT2D eigenvalue weighted by Gasteiger charge is 2.23. The van der Waals surface area contributed by atoms with E-state index in [0.717, 1.165) is 5.56 Å². The van der Waals surface area contributed by atoms with Crippen LogP contribution in [0, 0.1) is 6.92 Å². The number of aryl methyl sites for hydroxylation is 1. The van der Waals surface area contributed by atoms with Crippen LogP contribution in [0.1, 0.15) is 33.7 Å². The summed E-state index contributed by atoms with van der Waals surface area (Å²) in [6.07, 6.45) is 1.45. The molecule has 0 radical (unpaired) electrons. The van der Waals surface area contributed by atoms with E-state index in [9.17, 15) is 9.90 Å². The van der Waals surface area contributed by atoms with Crippen LogP contribution in [-0.2, 0) is 0 Å². The molecule has 0 aliphatic carbocycles. The molecule has 1 aromatic carbocycles. The van der Waals surface area contributed by atoms with Crippen molar-refractivity contribution in [1.82, 2.24) is 25.5 Å². The molecule has 2 heterocycles. The Hall–Kier alpha value is -3.22. The molecule has 3 N–H and O–H groups in total. The van der Waals surface area contributed by atoms with Crippen LogP contribution in [0.5, 0.6) is 5.75 Å². The van der Waals surface area contributed by atoms with Crippen LogP contribution in [0.25, 0.3) is 0 Å². The van der Waals surface area contributed by atoms with Crippen molar-refractivity contribution in [3.63, 3.8) is 0 Å². The summed E-state index contributed by atoms with van der Waals surface area (Å²) in [4.78, 5) is 20.6. The van der Waals surface area contributed by atoms with Gasteiger partial charge in [-0.15, -0.1) is 0 Å². The summed E-state index contributed by atoms with van der Waals surface area (Å²) in [6, 6.07) is 11.8. The van der Waals surface area contributed by atoms with E-state index in [0.29, 0.717) is 11.6 Å². The molecular formula is C16H15N5O2. The third kappa shape index (κ3) is 3.18. The number of nitrogens with zero attached hydrogens (tertiary/aromatic N) is 3. The van der Waals surface area contributed by atoms with E-state index in [1.54, 1.807) is 13.0 Å². The van der Waals surface area contributed by atoms with E-state index < -0.39 is 11.9 Å². The van der Waals surface area contributed by atoms with Gasteiger partial charge in [-0.3, -0.25) is 9.89 Å². The van der Waals surface area contributed by atoms with Gasteiger partial charge in [0.05, 0.1) is 0 Å². The standard InChI is InChI=1S/C16H15N5O2/c1-10-18-15(21-20-10)13(11-6-3-2-4-7-11)19-16(23)14-12(22)8-5-9-17-14/h2-9,13,22H,1H3,(H,19,23)(H,18,20,21)/t13-/m1/s1. The van der Waals surface area contributed by atoms with Crippen molar-refractivity contribution in [1.29, 1.82) is 0 Å². The predicted octanol–water partition coefficient (Wildman–Crippen LogP) is 1.73. The SMILES string of the molecule is Cc1nc([C@H](NC(=O)c2ncccc2O)c2ccccc2)n[nH]1. The van der Waals surface area contributed by atoms with Gasteiger partial charge in [0.1, 0.15) is 17.6 Å². The Morgan fingerprint density at radius 1 is 1.22 bits per heavy atom. The van der Waals surface area contributed by atoms with Gasteiger partial charge in [0, 0.05) is 6.20 Å². The molecule has 3 aromatic rings. The Morgan fingerprint density at radius 3 is 2.65 bits per heavy atom. The Bertz CT molecular complexity index is 816. The molecule has 0 spiro atoms. The molecule has 7 nitrogen and oxygen atoms in total. The van der Waals surface area contributed by atoms with Gasteiger partial charge in [-0.1, -0.05) is 30.3 Å². The van der Waals surface area contributed by atoms with Gasteiger partial charge in [-0.2, -0.15) is 5.10 Å². The van der Waals surface area contributed by atoms with Crippen molar-refractivity contribution in [2.24, 2.45) is 0 Å². The van der Waals surface area contributed by atoms with Gasteiger partial charge in [0.25, 0.3) is 5.91 Å². The van der Waals surface area contributed by atoms with Crippen molar-refractivity contribution in [2.45, 2.75) is 13.0 Å². The molecule has 0 unspecified atom stereocenters. The third-order valence-corrected chi connectivity index (χ3v) is 3.28. The van der Waals surface area contributed by atoms with Crippen LogP contribution in [0.2, 0.25) is 0 Å². The second kappa shape index (κ2) is 6.27. The maximum Gasteiger partial charge on any atom is 0.274 e. The Labute approximate surface area is 132 Å². The van der Waals surface area contributed by atoms with Crippen molar-refractivity contribution in [3.8, 4) is 5.75 Å². The van der Waals surface area contributed by atoms with Crippen LogP contribution < -0.4 is 5.32 Å². The molecule has 1 amide bonds. The number of carbonyl (C=O) groups excluding carboxylic acids is 1. The van der Waals surface area contributed by atoms with Gasteiger partial charge in [0.2, 0.25) is 0 Å². The maximum absolute atomic E-state index is 12.4. The van der Waals surface area contributed by atoms with Gasteiger partial charge in [-0.05, 0) is 24.6 Å². The van der Waals surface area contributed by atoms with Crippen molar-refractivity contribution in [2.75, 3.05) is 0 Å². The highest BCUT2D eigenvalue weighted by atomic mass is 16.3. The Kier molecular flexibility index (Phi) is 4.01. The molecule has 23 heavy (non-hydrogen) atoms. The van der Waals surface area contributed by atoms with Crippen LogP contribution >= 0.6 is 0 Å². The molecule has 0 bridgehead atoms. The first-order valence-electron chi connectivity index (χ1n) is 7.04. The third-order valence-electron chi connectivity index (χ3n) is 3.28. The predicted molar refractivity (Wildman–Crippen MR) is 82.8 cm³/mol. The lowest BCUT2D eigenvalue weighted by Gasteiger charge is -2.16. The minimum atomic E-state index is -0.546. The first kappa shape index (κ1) is 14.7. The number of pyridine rings is 1. The zero-order valence-corrected chi connectivity index (χ0v) is 12.4. The fourth-order valence-corrected chi connectivity index (χ4v) is 2.20. The zero-order valence-electron chi connectivity index (χ0n) is 12.4. The van der Waals surface area contributed by atoms with Crippen LogP contribution in [0.15, 0.2) is 48.7 Å². The first-order chi connectivity index (χ1) is 11.1. The molecule has 116 valence electrons. The maximum atomic E-state index is 12.4. The summed E-state index contributed by atoms with van der Waals surface area (Å²) >= 11 is 0. The van der Waals surface area contributed by atoms with E-state index in [1.165, 1.54) is 12.3 Å². The van der Waals surface area contributed by atoms with Crippen LogP contribution in [0.4, 0.5) is 0 Å². The van der Waals surface area contributed by atoms with Gasteiger partial charge in [-0.25, -0.2) is 9.97 Å². The first-order valence-corrected chi connectivity index (χ1v) is 7.04. The number of rotatable bonds is 4. The number of carbonyl (C=O) groups is 1. The number of aromatic nitrogens is 4. The summed E-state index contributed by atoms with van der Waals surface area (Å²) in [5.41, 5.74) is 0.788. The minimum Gasteiger partial charge on any atom is -0.505 e. The number of hydrogen-bond acceptors (Lipinski definition) is 5. The molecule has 0 aliphatic rings. The molecule has 0 saturated heterocycles. The molecule has 1 atom stereocenters. The lowest BCUT2D eigenvalue weighted by atomic mass is 10.1. The summed E-state index contributed by atoms with van der Waals surface area (Å²) in [5.74, 6) is 0.413. The summed E-state index contributed by atoms with van der Waals surface area (Å²) in [7, 11) is 0.